The summed E-state index contributed by atoms with van der Waals surface area (Å²) in [6.07, 6.45) is 5.40. The van der Waals surface area contributed by atoms with Gasteiger partial charge in [-0.2, -0.15) is 0 Å². The number of benzene rings is 4. The highest BCUT2D eigenvalue weighted by Gasteiger charge is 2.20. The molecule has 6 rings (SSSR count). The molecule has 6 nitrogen and oxygen atoms in total. The molecule has 1 N–H and O–H groups in total. The van der Waals surface area contributed by atoms with Crippen molar-refractivity contribution < 1.29 is 14.2 Å². The van der Waals surface area contributed by atoms with Crippen molar-refractivity contribution in [3.05, 3.63) is 114 Å². The van der Waals surface area contributed by atoms with E-state index in [1.54, 1.807) is 13.3 Å². The maximum absolute atomic E-state index is 6.33. The first-order valence-electron chi connectivity index (χ1n) is 16.4. The Morgan fingerprint density at radius 1 is 0.804 bits per heavy atom. The van der Waals surface area contributed by atoms with E-state index >= 15 is 0 Å². The Morgan fingerprint density at radius 3 is 2.17 bits per heavy atom. The lowest BCUT2D eigenvalue weighted by molar-refractivity contribution is 0.153. The zero-order valence-electron chi connectivity index (χ0n) is 27.5. The number of nitrogens with zero attached hydrogens (tertiary/aromatic N) is 2. The topological polar surface area (TPSA) is 55.9 Å². The second-order valence-electron chi connectivity index (χ2n) is 13.2. The number of nitrogens with one attached hydrogen (secondary N) is 1. The molecule has 0 amide bonds. The van der Waals surface area contributed by atoms with Crippen LogP contribution >= 0.6 is 0 Å². The van der Waals surface area contributed by atoms with Crippen molar-refractivity contribution >= 4 is 22.3 Å². The monoisotopic (exact) mass is 615 g/mol. The molecule has 2 heterocycles. The largest absolute Gasteiger partial charge is 0.493 e. The Morgan fingerprint density at radius 2 is 1.50 bits per heavy atom. The highest BCUT2D eigenvalue weighted by atomic mass is 16.5. The van der Waals surface area contributed by atoms with Gasteiger partial charge in [0.1, 0.15) is 18.1 Å². The van der Waals surface area contributed by atoms with Crippen LogP contribution in [0.1, 0.15) is 44.7 Å². The lowest BCUT2D eigenvalue weighted by Crippen LogP contribution is -2.37. The van der Waals surface area contributed by atoms with Crippen molar-refractivity contribution in [2.24, 2.45) is 5.92 Å². The van der Waals surface area contributed by atoms with Crippen LogP contribution in [0.3, 0.4) is 0 Å². The first-order chi connectivity index (χ1) is 22.3. The number of piperidine rings is 1. The molecule has 5 aromatic rings. The number of rotatable bonds is 11. The van der Waals surface area contributed by atoms with Crippen LogP contribution in [0.4, 0.5) is 11.4 Å². The number of anilines is 2. The number of pyridine rings is 1. The average Bonchev–Trinajstić information content (AvgIpc) is 3.06. The summed E-state index contributed by atoms with van der Waals surface area (Å²) in [4.78, 5) is 7.11. The van der Waals surface area contributed by atoms with E-state index in [0.29, 0.717) is 23.9 Å². The van der Waals surface area contributed by atoms with E-state index in [1.807, 2.05) is 42.5 Å². The maximum Gasteiger partial charge on any atom is 0.163 e. The zero-order valence-corrected chi connectivity index (χ0v) is 27.5. The molecule has 0 aliphatic carbocycles. The van der Waals surface area contributed by atoms with Gasteiger partial charge in [-0.3, -0.25) is 9.88 Å². The van der Waals surface area contributed by atoms with E-state index in [2.05, 4.69) is 90.6 Å². The third kappa shape index (κ3) is 7.99. The van der Waals surface area contributed by atoms with Crippen LogP contribution in [-0.4, -0.2) is 43.2 Å². The summed E-state index contributed by atoms with van der Waals surface area (Å²) >= 11 is 0. The number of fused-ring (bicyclic) bond motifs is 1. The average molecular weight is 616 g/mol. The normalized spacial score (nSPS) is 14.3. The van der Waals surface area contributed by atoms with Gasteiger partial charge in [0, 0.05) is 35.6 Å². The molecule has 0 bridgehead atoms. The Balaban J connectivity index is 1.04. The van der Waals surface area contributed by atoms with Gasteiger partial charge in [0.05, 0.1) is 12.6 Å². The highest BCUT2D eigenvalue weighted by Crippen LogP contribution is 2.37. The maximum atomic E-state index is 6.33. The first-order valence-corrected chi connectivity index (χ1v) is 16.4. The fourth-order valence-corrected chi connectivity index (χ4v) is 6.09. The second kappa shape index (κ2) is 14.3. The summed E-state index contributed by atoms with van der Waals surface area (Å²) in [6, 6.07) is 33.2. The lowest BCUT2D eigenvalue weighted by atomic mass is 9.87. The molecule has 0 atom stereocenters. The molecule has 0 unspecified atom stereocenters. The summed E-state index contributed by atoms with van der Waals surface area (Å²) in [5.74, 6) is 3.59. The quantitative estimate of drug-likeness (QED) is 0.160. The molecule has 1 fully saturated rings. The van der Waals surface area contributed by atoms with E-state index in [-0.39, 0.29) is 5.41 Å². The Labute approximate surface area is 273 Å². The lowest BCUT2D eigenvalue weighted by Gasteiger charge is -2.32. The zero-order chi connectivity index (χ0) is 31.9. The van der Waals surface area contributed by atoms with Gasteiger partial charge in [0.25, 0.3) is 0 Å². The van der Waals surface area contributed by atoms with Gasteiger partial charge < -0.3 is 19.5 Å². The van der Waals surface area contributed by atoms with E-state index in [9.17, 15) is 0 Å². The van der Waals surface area contributed by atoms with Gasteiger partial charge in [-0.15, -0.1) is 0 Å². The fraction of sp³-hybridized carbons (Fsp3) is 0.325. The standard InChI is InChI=1S/C40H45N3O3/c1-40(2,3)31-10-12-32(13-11-31)42-33-14-16-34(17-15-33)46-37-18-21-41-36-28-39(38(44-4)27-35(36)37)45-25-24-43-22-19-30(20-23-43)26-29-8-6-5-7-9-29/h5-18,21,27-28,30,42H,19-20,22-26H2,1-4H3. The Kier molecular flexibility index (Phi) is 9.74. The Bertz CT molecular complexity index is 1710. The van der Waals surface area contributed by atoms with E-state index < -0.39 is 0 Å². The molecule has 1 saturated heterocycles. The van der Waals surface area contributed by atoms with Crippen molar-refractivity contribution in [1.29, 1.82) is 0 Å². The van der Waals surface area contributed by atoms with Gasteiger partial charge >= 0.3 is 0 Å². The summed E-state index contributed by atoms with van der Waals surface area (Å²) in [5, 5.41) is 4.34. The van der Waals surface area contributed by atoms with E-state index in [0.717, 1.165) is 53.6 Å². The predicted molar refractivity (Wildman–Crippen MR) is 188 cm³/mol. The molecular weight excluding hydrogens is 570 g/mol. The van der Waals surface area contributed by atoms with Crippen molar-refractivity contribution in [3.8, 4) is 23.0 Å². The van der Waals surface area contributed by atoms with Crippen molar-refractivity contribution in [3.63, 3.8) is 0 Å². The molecule has 1 aromatic heterocycles. The number of hydrogen-bond donors (Lipinski definition) is 1. The minimum absolute atomic E-state index is 0.133. The molecule has 4 aromatic carbocycles. The highest BCUT2D eigenvalue weighted by molar-refractivity contribution is 5.88. The number of likely N-dealkylation sites (tertiary alicyclic amines) is 1. The molecular formula is C40H45N3O3. The first kappa shape index (κ1) is 31.4. The smallest absolute Gasteiger partial charge is 0.163 e. The molecule has 0 spiro atoms. The van der Waals surface area contributed by atoms with Crippen molar-refractivity contribution in [1.82, 2.24) is 9.88 Å². The molecule has 0 saturated carbocycles. The summed E-state index contributed by atoms with van der Waals surface area (Å²) < 4.78 is 18.3. The van der Waals surface area contributed by atoms with Crippen LogP contribution in [0.5, 0.6) is 23.0 Å². The summed E-state index contributed by atoms with van der Waals surface area (Å²) in [5.41, 5.74) is 5.73. The molecule has 1 aliphatic rings. The minimum Gasteiger partial charge on any atom is -0.493 e. The van der Waals surface area contributed by atoms with E-state index in [1.165, 1.54) is 30.4 Å². The second-order valence-corrected chi connectivity index (χ2v) is 13.2. The van der Waals surface area contributed by atoms with Crippen LogP contribution in [0.2, 0.25) is 0 Å². The van der Waals surface area contributed by atoms with Crippen molar-refractivity contribution in [2.75, 3.05) is 38.7 Å². The van der Waals surface area contributed by atoms with Crippen LogP contribution in [-0.2, 0) is 11.8 Å². The molecule has 238 valence electrons. The fourth-order valence-electron chi connectivity index (χ4n) is 6.09. The van der Waals surface area contributed by atoms with Crippen LogP contribution < -0.4 is 19.5 Å². The van der Waals surface area contributed by atoms with Gasteiger partial charge in [-0.05, 0) is 103 Å². The molecule has 6 heteroatoms. The minimum atomic E-state index is 0.133. The summed E-state index contributed by atoms with van der Waals surface area (Å²) in [6.45, 7) is 10.4. The Hall–Kier alpha value is -4.55. The van der Waals surface area contributed by atoms with Crippen molar-refractivity contribution in [2.45, 2.75) is 45.4 Å². The SMILES string of the molecule is COc1cc2c(Oc3ccc(Nc4ccc(C(C)(C)C)cc4)cc3)ccnc2cc1OCCN1CCC(Cc2ccccc2)CC1. The summed E-state index contributed by atoms with van der Waals surface area (Å²) in [7, 11) is 1.67. The van der Waals surface area contributed by atoms with Gasteiger partial charge in [-0.1, -0.05) is 63.2 Å². The van der Waals surface area contributed by atoms with Crippen LogP contribution in [0, 0.1) is 5.92 Å². The number of hydrogen-bond acceptors (Lipinski definition) is 6. The molecule has 0 radical (unpaired) electrons. The number of methoxy groups -OCH3 is 1. The number of aromatic nitrogens is 1. The third-order valence-corrected chi connectivity index (χ3v) is 8.85. The predicted octanol–water partition coefficient (Wildman–Crippen LogP) is 9.41. The molecule has 46 heavy (non-hydrogen) atoms. The van der Waals surface area contributed by atoms with Gasteiger partial charge in [0.15, 0.2) is 11.5 Å². The van der Waals surface area contributed by atoms with E-state index in [4.69, 9.17) is 14.2 Å². The van der Waals surface area contributed by atoms with Crippen LogP contribution in [0.25, 0.3) is 10.9 Å². The molecule has 1 aliphatic heterocycles. The number of ether oxygens (including phenoxy) is 3. The van der Waals surface area contributed by atoms with Gasteiger partial charge in [0.2, 0.25) is 0 Å². The van der Waals surface area contributed by atoms with Crippen LogP contribution in [0.15, 0.2) is 103 Å². The third-order valence-electron chi connectivity index (χ3n) is 8.85. The van der Waals surface area contributed by atoms with Gasteiger partial charge in [-0.25, -0.2) is 0 Å².